The number of rotatable bonds is 17. The van der Waals surface area contributed by atoms with Gasteiger partial charge in [0.2, 0.25) is 11.8 Å². The number of benzene rings is 8. The highest BCUT2D eigenvalue weighted by Gasteiger charge is 2.20. The van der Waals surface area contributed by atoms with Crippen LogP contribution >= 0.6 is 34.8 Å². The van der Waals surface area contributed by atoms with Crippen LogP contribution in [0.15, 0.2) is 401 Å². The maximum atomic E-state index is 13.6. The van der Waals surface area contributed by atoms with E-state index in [9.17, 15) is 27.2 Å². The Hall–Kier alpha value is -18.1. The van der Waals surface area contributed by atoms with Crippen molar-refractivity contribution in [1.82, 2.24) is 78.1 Å². The number of carbonyl (C=O) groups excluding carboxylic acids is 2. The van der Waals surface area contributed by atoms with Gasteiger partial charge in [-0.3, -0.25) is 49.2 Å². The zero-order chi connectivity index (χ0) is 99.9. The van der Waals surface area contributed by atoms with Crippen LogP contribution in [0.5, 0.6) is 0 Å². The Bertz CT molecular complexity index is 8400. The molecule has 8 aromatic carbocycles. The number of fused-ring (bicyclic) bond motifs is 5. The molecule has 0 aliphatic rings. The minimum absolute atomic E-state index is 0.0240. The average Bonchev–Trinajstić information content (AvgIpc) is 1.81. The van der Waals surface area contributed by atoms with Crippen molar-refractivity contribution in [2.24, 2.45) is 16.5 Å². The molecule has 23 rings (SSSR count). The smallest absolute Gasteiger partial charge is 0.239 e. The topological polar surface area (TPSA) is 289 Å². The number of nitrogen functional groups attached to an aromatic ring is 1. The first kappa shape index (κ1) is 96.2. The van der Waals surface area contributed by atoms with Gasteiger partial charge in [0.05, 0.1) is 71.8 Å². The summed E-state index contributed by atoms with van der Waals surface area (Å²) in [5.41, 5.74) is 47.4. The molecule has 2 amide bonds. The maximum absolute atomic E-state index is 13.6. The number of hydrogen-bond donors (Lipinski definition) is 3. The molecule has 0 saturated carbocycles. The van der Waals surface area contributed by atoms with Crippen LogP contribution in [0.1, 0.15) is 22.3 Å². The molecule has 22 nitrogen and oxygen atoms in total. The van der Waals surface area contributed by atoms with Crippen LogP contribution in [0.3, 0.4) is 0 Å². The highest BCUT2D eigenvalue weighted by atomic mass is 35.5. The van der Waals surface area contributed by atoms with Gasteiger partial charge in [-0.2, -0.15) is 25.5 Å². The second-order valence-corrected chi connectivity index (χ2v) is 34.5. The number of aliphatic imine (C=N–C) groups is 1. The van der Waals surface area contributed by atoms with E-state index in [0.29, 0.717) is 33.1 Å². The summed E-state index contributed by atoms with van der Waals surface area (Å²) in [6.07, 6.45) is 28.7. The Labute approximate surface area is 838 Å². The average molecular weight is 1960 g/mol. The van der Waals surface area contributed by atoms with Crippen LogP contribution < -0.4 is 17.2 Å². The standard InChI is InChI=1S/C21H19FN4O.C20H14ClFN4O.C19H14FN3.C19H15N3.C18H11ClFN3.C18H12ClN3/c1-13-9-15(6-7-18(13)22)21-17(3-2-8-26-21)14-4-5-16(19(23)10-14)11-25-12-20(24)27;21-16-8-13(5-6-17(16)22)20-15(2-1-7-24-20)12-3-4-14-10-26(11-19(23)27)25-18(14)9-12;1-13-11-15(4-5-18(13)20)19-17(3-2-8-21-19)14-7-10-23-16(12-14)6-9-22-23;1-14-4-2-5-16(12-14)19-18(6-3-9-20-19)15-8-11-22-17(13-15)7-10-21-22;19-16-11-13(3-4-17(16)20)18-15(2-1-7-21-18)12-6-9-23-14(10-12)5-8-22-23;19-15-4-1-3-14(11-15)18-17(5-2-8-20-18)13-7-10-22-16(12-13)6-9-21-22/h2-11H,12,23H2,1H3,(H2,24,27);1-10H,11H2,(H2,23,27);2-12H,1H3;2-13H,1H3;1-11H;1-12H. The lowest BCUT2D eigenvalue weighted by Crippen LogP contribution is -2.18. The van der Waals surface area contributed by atoms with Crippen LogP contribution in [0.4, 0.5) is 23.2 Å². The number of aryl methyl sites for hydroxylation is 3. The molecule has 0 spiro atoms. The Balaban J connectivity index is 0.000000114. The molecule has 0 bridgehead atoms. The van der Waals surface area contributed by atoms with Crippen molar-refractivity contribution in [2.75, 3.05) is 12.3 Å². The van der Waals surface area contributed by atoms with Gasteiger partial charge in [-0.15, -0.1) is 0 Å². The zero-order valence-corrected chi connectivity index (χ0v) is 79.6. The summed E-state index contributed by atoms with van der Waals surface area (Å²) in [6.45, 7) is 5.53. The summed E-state index contributed by atoms with van der Waals surface area (Å²) in [5.74, 6) is -2.32. The molecule has 706 valence electrons. The number of halogens is 7. The fourth-order valence-electron chi connectivity index (χ4n) is 16.4. The Morgan fingerprint density at radius 1 is 0.333 bits per heavy atom. The van der Waals surface area contributed by atoms with Gasteiger partial charge in [0.1, 0.15) is 36.4 Å². The number of amides is 2. The van der Waals surface area contributed by atoms with Crippen LogP contribution in [0.25, 0.3) is 167 Å². The maximum Gasteiger partial charge on any atom is 0.239 e. The first-order valence-corrected chi connectivity index (χ1v) is 46.3. The van der Waals surface area contributed by atoms with E-state index < -0.39 is 23.4 Å². The summed E-state index contributed by atoms with van der Waals surface area (Å²) in [5, 5.41) is 23.0. The van der Waals surface area contributed by atoms with Gasteiger partial charge >= 0.3 is 0 Å². The normalized spacial score (nSPS) is 11.0. The van der Waals surface area contributed by atoms with E-state index in [1.807, 2.05) is 227 Å². The van der Waals surface area contributed by atoms with E-state index in [1.165, 1.54) is 40.7 Å². The molecule has 6 N–H and O–H groups in total. The van der Waals surface area contributed by atoms with E-state index in [0.717, 1.165) is 162 Å². The SMILES string of the molecule is Cc1cc(-c2ncccc2-c2ccc(C=NCC(N)=O)c(N)c2)ccc1F.Cc1cc(-c2ncccc2-c2ccn3nccc3c2)ccc1F.Cc1cccc(-c2ncccc2-c2ccn3nccc3c2)c1.Clc1cccc(-c2ncccc2-c2ccn3nccc3c2)c1.Fc1ccc(-c2ncccc2-c2ccn3nccc3c2)cc1Cl.NC(=O)Cn1cc2ccc(-c3cccnc3-c3ccc(F)c(Cl)c3)cc2n1. The predicted molar refractivity (Wildman–Crippen MR) is 563 cm³/mol. The molecule has 0 unspecified atom stereocenters. The molecule has 0 fully saturated rings. The van der Waals surface area contributed by atoms with Crippen molar-refractivity contribution in [3.05, 3.63) is 457 Å². The number of pyridine rings is 10. The summed E-state index contributed by atoms with van der Waals surface area (Å²) >= 11 is 18.0. The Kier molecular flexibility index (Phi) is 29.3. The molecule has 0 saturated heterocycles. The number of hydrogen-bond acceptors (Lipinski definition) is 15. The highest BCUT2D eigenvalue weighted by Crippen LogP contribution is 2.41. The van der Waals surface area contributed by atoms with E-state index in [1.54, 1.807) is 117 Å². The summed E-state index contributed by atoms with van der Waals surface area (Å²) in [7, 11) is 0. The van der Waals surface area contributed by atoms with Gasteiger partial charge in [0.15, 0.2) is 0 Å². The molecule has 0 atom stereocenters. The van der Waals surface area contributed by atoms with Gasteiger partial charge < -0.3 is 17.2 Å². The van der Waals surface area contributed by atoms with Crippen molar-refractivity contribution >= 4 is 91.5 Å². The van der Waals surface area contributed by atoms with Crippen LogP contribution in [0.2, 0.25) is 15.1 Å². The lowest BCUT2D eigenvalue weighted by molar-refractivity contribution is -0.119. The van der Waals surface area contributed by atoms with Gasteiger partial charge in [0.25, 0.3) is 0 Å². The quantitative estimate of drug-likeness (QED) is 0.0434. The largest absolute Gasteiger partial charge is 0.398 e. The summed E-state index contributed by atoms with van der Waals surface area (Å²) in [4.78, 5) is 52.9. The summed E-state index contributed by atoms with van der Waals surface area (Å²) < 4.78 is 62.9. The molecule has 0 aliphatic carbocycles. The molecule has 29 heteroatoms. The van der Waals surface area contributed by atoms with Crippen molar-refractivity contribution in [2.45, 2.75) is 27.3 Å². The number of aromatic nitrogens is 16. The third kappa shape index (κ3) is 22.6. The number of primary amides is 2. The van der Waals surface area contributed by atoms with Crippen molar-refractivity contribution in [3.8, 4) is 134 Å². The predicted octanol–water partition coefficient (Wildman–Crippen LogP) is 25.8. The number of carbonyl (C=O) groups is 2. The zero-order valence-electron chi connectivity index (χ0n) is 77.3. The van der Waals surface area contributed by atoms with Gasteiger partial charge in [0, 0.05) is 188 Å². The fraction of sp³-hybridized carbons (Fsp3) is 0.0435. The van der Waals surface area contributed by atoms with Crippen molar-refractivity contribution in [3.63, 3.8) is 0 Å². The fourth-order valence-corrected chi connectivity index (χ4v) is 17.0. The van der Waals surface area contributed by atoms with Crippen molar-refractivity contribution < 1.29 is 27.2 Å². The molecule has 15 aromatic heterocycles. The van der Waals surface area contributed by atoms with Gasteiger partial charge in [-0.25, -0.2) is 35.6 Å². The second kappa shape index (κ2) is 43.9. The van der Waals surface area contributed by atoms with E-state index in [2.05, 4.69) is 128 Å². The van der Waals surface area contributed by atoms with Gasteiger partial charge in [-0.1, -0.05) is 131 Å². The lowest BCUT2D eigenvalue weighted by atomic mass is 9.97. The third-order valence-electron chi connectivity index (χ3n) is 23.4. The van der Waals surface area contributed by atoms with Gasteiger partial charge in [-0.05, 0) is 278 Å². The molecule has 0 radical (unpaired) electrons. The monoisotopic (exact) mass is 1960 g/mol. The molecule has 15 heterocycles. The molecular weight excluding hydrogens is 1880 g/mol. The Morgan fingerprint density at radius 2 is 0.674 bits per heavy atom. The van der Waals surface area contributed by atoms with E-state index in [-0.39, 0.29) is 34.8 Å². The third-order valence-corrected chi connectivity index (χ3v) is 24.2. The molecular formula is C115H85Cl3F4N20O2. The van der Waals surface area contributed by atoms with E-state index >= 15 is 0 Å². The highest BCUT2D eigenvalue weighted by molar-refractivity contribution is 6.31. The second-order valence-electron chi connectivity index (χ2n) is 33.3. The molecule has 144 heavy (non-hydrogen) atoms. The van der Waals surface area contributed by atoms with Crippen LogP contribution in [-0.4, -0.2) is 103 Å². The molecule has 23 aromatic rings. The first-order valence-electron chi connectivity index (χ1n) is 45.2. The Morgan fingerprint density at radius 3 is 1.03 bits per heavy atom. The summed E-state index contributed by atoms with van der Waals surface area (Å²) in [6, 6.07) is 94.6. The van der Waals surface area contributed by atoms with Crippen LogP contribution in [-0.2, 0) is 16.1 Å². The molecule has 0 aliphatic heterocycles. The number of nitrogens with two attached hydrogens (primary N) is 3. The van der Waals surface area contributed by atoms with Crippen molar-refractivity contribution in [1.29, 1.82) is 0 Å². The first-order chi connectivity index (χ1) is 70.0. The minimum Gasteiger partial charge on any atom is -0.398 e. The number of anilines is 1. The van der Waals surface area contributed by atoms with E-state index in [4.69, 9.17) is 52.0 Å². The lowest BCUT2D eigenvalue weighted by Gasteiger charge is -2.11. The number of nitrogens with zero attached hydrogens (tertiary/aromatic N) is 17. The minimum atomic E-state index is -0.504. The van der Waals surface area contributed by atoms with Crippen LogP contribution in [0, 0.1) is 44.0 Å².